The van der Waals surface area contributed by atoms with E-state index in [1.54, 1.807) is 7.05 Å². The summed E-state index contributed by atoms with van der Waals surface area (Å²) in [5, 5.41) is 24.0. The molecule has 0 spiro atoms. The number of hydrogen-bond acceptors (Lipinski definition) is 6. The second-order valence-corrected chi connectivity index (χ2v) is 4.54. The normalized spacial score (nSPS) is 11.8. The van der Waals surface area contributed by atoms with Gasteiger partial charge in [-0.3, -0.25) is 10.2 Å². The van der Waals surface area contributed by atoms with Crippen molar-refractivity contribution in [1.29, 1.82) is 5.41 Å². The molecule has 1 amide bonds. The lowest BCUT2D eigenvalue weighted by Crippen LogP contribution is -2.42. The molecule has 0 aromatic carbocycles. The Hall–Kier alpha value is -1.42. The van der Waals surface area contributed by atoms with Crippen molar-refractivity contribution in [2.24, 2.45) is 5.73 Å². The molecule has 9 nitrogen and oxygen atoms in total. The molecule has 0 bridgehead atoms. The molecule has 0 aromatic rings. The molecule has 0 saturated carbocycles. The Bertz CT molecular complexity index is 304. The van der Waals surface area contributed by atoms with Crippen molar-refractivity contribution in [3.05, 3.63) is 0 Å². The topological polar surface area (TPSA) is 142 Å². The van der Waals surface area contributed by atoms with E-state index in [0.29, 0.717) is 52.4 Å². The molecule has 0 heterocycles. The SMILES string of the molecule is CNC(=N)NCCC[C@H](N)C(=O)NCCOCCOCCO. The Morgan fingerprint density at radius 2 is 1.86 bits per heavy atom. The lowest BCUT2D eigenvalue weighted by atomic mass is 10.1. The maximum Gasteiger partial charge on any atom is 0.236 e. The number of ether oxygens (including phenoxy) is 2. The highest BCUT2D eigenvalue weighted by molar-refractivity contribution is 5.81. The summed E-state index contributed by atoms with van der Waals surface area (Å²) >= 11 is 0. The summed E-state index contributed by atoms with van der Waals surface area (Å²) in [5.41, 5.74) is 5.77. The van der Waals surface area contributed by atoms with Gasteiger partial charge in [-0.1, -0.05) is 0 Å². The first kappa shape index (κ1) is 20.6. The highest BCUT2D eigenvalue weighted by atomic mass is 16.5. The molecule has 0 aliphatic carbocycles. The van der Waals surface area contributed by atoms with Crippen LogP contribution in [0.15, 0.2) is 0 Å². The zero-order valence-electron chi connectivity index (χ0n) is 13.2. The van der Waals surface area contributed by atoms with Crippen LogP contribution in [0.5, 0.6) is 0 Å². The fourth-order valence-electron chi connectivity index (χ4n) is 1.52. The van der Waals surface area contributed by atoms with Crippen LogP contribution in [0, 0.1) is 5.41 Å². The third-order valence-corrected chi connectivity index (χ3v) is 2.73. The largest absolute Gasteiger partial charge is 0.394 e. The monoisotopic (exact) mass is 319 g/mol. The van der Waals surface area contributed by atoms with Gasteiger partial charge < -0.3 is 36.3 Å². The van der Waals surface area contributed by atoms with Crippen LogP contribution in [0.4, 0.5) is 0 Å². The number of nitrogens with two attached hydrogens (primary N) is 1. The van der Waals surface area contributed by atoms with Gasteiger partial charge in [-0.15, -0.1) is 0 Å². The van der Waals surface area contributed by atoms with Gasteiger partial charge in [0.2, 0.25) is 5.91 Å². The first-order valence-electron chi connectivity index (χ1n) is 7.41. The molecule has 1 atom stereocenters. The van der Waals surface area contributed by atoms with Crippen LogP contribution in [0.25, 0.3) is 0 Å². The van der Waals surface area contributed by atoms with Gasteiger partial charge in [0.1, 0.15) is 0 Å². The van der Waals surface area contributed by atoms with Crippen LogP contribution < -0.4 is 21.7 Å². The van der Waals surface area contributed by atoms with Crippen molar-refractivity contribution in [2.75, 3.05) is 53.2 Å². The predicted octanol–water partition coefficient (Wildman–Crippen LogP) is -2.02. The van der Waals surface area contributed by atoms with E-state index in [0.717, 1.165) is 0 Å². The predicted molar refractivity (Wildman–Crippen MR) is 83.7 cm³/mol. The summed E-state index contributed by atoms with van der Waals surface area (Å²) < 4.78 is 10.3. The second-order valence-electron chi connectivity index (χ2n) is 4.54. The molecule has 7 N–H and O–H groups in total. The molecule has 0 saturated heterocycles. The van der Waals surface area contributed by atoms with Crippen LogP contribution in [-0.2, 0) is 14.3 Å². The Balaban J connectivity index is 3.44. The summed E-state index contributed by atoms with van der Waals surface area (Å²) in [6.45, 7) is 2.53. The lowest BCUT2D eigenvalue weighted by Gasteiger charge is -2.13. The van der Waals surface area contributed by atoms with Crippen molar-refractivity contribution in [2.45, 2.75) is 18.9 Å². The van der Waals surface area contributed by atoms with E-state index in [1.165, 1.54) is 0 Å². The number of rotatable bonds is 13. The van der Waals surface area contributed by atoms with Crippen molar-refractivity contribution < 1.29 is 19.4 Å². The number of aliphatic hydroxyl groups excluding tert-OH is 1. The average Bonchev–Trinajstić information content (AvgIpc) is 2.53. The quantitative estimate of drug-likeness (QED) is 0.131. The van der Waals surface area contributed by atoms with Crippen LogP contribution in [-0.4, -0.2) is 76.2 Å². The number of carbonyl (C=O) groups is 1. The van der Waals surface area contributed by atoms with Crippen molar-refractivity contribution >= 4 is 11.9 Å². The Morgan fingerprint density at radius 3 is 2.50 bits per heavy atom. The summed E-state index contributed by atoms with van der Waals surface area (Å²) in [7, 11) is 1.66. The van der Waals surface area contributed by atoms with E-state index in [4.69, 9.17) is 25.7 Å². The smallest absolute Gasteiger partial charge is 0.236 e. The summed E-state index contributed by atoms with van der Waals surface area (Å²) in [4.78, 5) is 11.7. The number of aliphatic hydroxyl groups is 1. The molecule has 130 valence electrons. The zero-order valence-corrected chi connectivity index (χ0v) is 13.2. The number of hydrogen-bond donors (Lipinski definition) is 6. The van der Waals surface area contributed by atoms with E-state index in [2.05, 4.69) is 16.0 Å². The minimum Gasteiger partial charge on any atom is -0.394 e. The molecule has 0 aliphatic heterocycles. The fraction of sp³-hybridized carbons (Fsp3) is 0.846. The van der Waals surface area contributed by atoms with Gasteiger partial charge in [0.25, 0.3) is 0 Å². The number of amides is 1. The molecule has 0 unspecified atom stereocenters. The summed E-state index contributed by atoms with van der Waals surface area (Å²) in [6, 6.07) is -0.557. The van der Waals surface area contributed by atoms with Crippen LogP contribution in [0.1, 0.15) is 12.8 Å². The molecular formula is C13H29N5O4. The van der Waals surface area contributed by atoms with Crippen LogP contribution >= 0.6 is 0 Å². The van der Waals surface area contributed by atoms with Gasteiger partial charge in [-0.25, -0.2) is 0 Å². The van der Waals surface area contributed by atoms with Gasteiger partial charge in [0, 0.05) is 20.1 Å². The molecule has 0 aliphatic rings. The number of nitrogens with one attached hydrogen (secondary N) is 4. The van der Waals surface area contributed by atoms with E-state index in [1.807, 2.05) is 0 Å². The third kappa shape index (κ3) is 12.3. The van der Waals surface area contributed by atoms with Gasteiger partial charge in [-0.05, 0) is 12.8 Å². The Morgan fingerprint density at radius 1 is 1.18 bits per heavy atom. The van der Waals surface area contributed by atoms with Gasteiger partial charge in [0.15, 0.2) is 5.96 Å². The van der Waals surface area contributed by atoms with Crippen molar-refractivity contribution in [3.8, 4) is 0 Å². The summed E-state index contributed by atoms with van der Waals surface area (Å²) in [5.74, 6) is 0.0435. The number of guanidine groups is 1. The number of carbonyl (C=O) groups excluding carboxylic acids is 1. The standard InChI is InChI=1S/C13H29N5O4/c1-16-13(15)18-4-2-3-11(14)12(20)17-5-7-21-9-10-22-8-6-19/h11,19H,2-10,14H2,1H3,(H,17,20)(H3,15,16,18)/t11-/m0/s1. The zero-order chi connectivity index (χ0) is 16.6. The minimum absolute atomic E-state index is 0.000438. The first-order valence-corrected chi connectivity index (χ1v) is 7.41. The first-order chi connectivity index (χ1) is 10.6. The van der Waals surface area contributed by atoms with Gasteiger partial charge in [-0.2, -0.15) is 0 Å². The van der Waals surface area contributed by atoms with E-state index in [-0.39, 0.29) is 18.5 Å². The Kier molecular flexibility index (Phi) is 13.6. The molecule has 0 rings (SSSR count). The van der Waals surface area contributed by atoms with E-state index < -0.39 is 6.04 Å². The third-order valence-electron chi connectivity index (χ3n) is 2.73. The van der Waals surface area contributed by atoms with E-state index in [9.17, 15) is 4.79 Å². The Labute approximate surface area is 131 Å². The second kappa shape index (κ2) is 14.5. The van der Waals surface area contributed by atoms with Crippen LogP contribution in [0.3, 0.4) is 0 Å². The molecular weight excluding hydrogens is 290 g/mol. The highest BCUT2D eigenvalue weighted by Crippen LogP contribution is 1.93. The molecule has 9 heteroatoms. The average molecular weight is 319 g/mol. The van der Waals surface area contributed by atoms with E-state index >= 15 is 0 Å². The summed E-state index contributed by atoms with van der Waals surface area (Å²) in [6.07, 6.45) is 1.25. The van der Waals surface area contributed by atoms with Crippen LogP contribution in [0.2, 0.25) is 0 Å². The fourth-order valence-corrected chi connectivity index (χ4v) is 1.52. The lowest BCUT2D eigenvalue weighted by molar-refractivity contribution is -0.122. The van der Waals surface area contributed by atoms with Crippen molar-refractivity contribution in [1.82, 2.24) is 16.0 Å². The highest BCUT2D eigenvalue weighted by Gasteiger charge is 2.12. The molecule has 0 fully saturated rings. The molecule has 0 aromatic heterocycles. The molecule has 0 radical (unpaired) electrons. The maximum absolute atomic E-state index is 11.7. The molecule has 22 heavy (non-hydrogen) atoms. The van der Waals surface area contributed by atoms with Crippen molar-refractivity contribution in [3.63, 3.8) is 0 Å². The van der Waals surface area contributed by atoms with Gasteiger partial charge >= 0.3 is 0 Å². The maximum atomic E-state index is 11.7. The van der Waals surface area contributed by atoms with Gasteiger partial charge in [0.05, 0.1) is 39.1 Å². The minimum atomic E-state index is -0.557.